The molecule has 0 bridgehead atoms. The van der Waals surface area contributed by atoms with E-state index in [9.17, 15) is 5.11 Å². The van der Waals surface area contributed by atoms with Crippen LogP contribution in [0.15, 0.2) is 29.2 Å². The highest BCUT2D eigenvalue weighted by atomic mass is 32.2. The molecule has 2 rings (SSSR count). The van der Waals surface area contributed by atoms with Gasteiger partial charge in [0.2, 0.25) is 0 Å². The van der Waals surface area contributed by atoms with Crippen molar-refractivity contribution < 1.29 is 9.84 Å². The molecule has 3 nitrogen and oxygen atoms in total. The highest BCUT2D eigenvalue weighted by Gasteiger charge is 2.16. The largest absolute Gasteiger partial charge is 0.389 e. The van der Waals surface area contributed by atoms with E-state index in [4.69, 9.17) is 4.74 Å². The molecule has 0 radical (unpaired) electrons. The van der Waals surface area contributed by atoms with Crippen molar-refractivity contribution in [2.45, 2.75) is 42.8 Å². The summed E-state index contributed by atoms with van der Waals surface area (Å²) in [6.45, 7) is 0.962. The molecule has 0 saturated heterocycles. The number of rotatable bonds is 7. The van der Waals surface area contributed by atoms with Crippen molar-refractivity contribution in [3.63, 3.8) is 0 Å². The first-order valence-electron chi connectivity index (χ1n) is 6.96. The van der Waals surface area contributed by atoms with E-state index in [0.29, 0.717) is 19.3 Å². The summed E-state index contributed by atoms with van der Waals surface area (Å²) in [4.78, 5) is 1.20. The summed E-state index contributed by atoms with van der Waals surface area (Å²) >= 11 is 1.71. The predicted molar refractivity (Wildman–Crippen MR) is 80.9 cm³/mol. The van der Waals surface area contributed by atoms with Crippen LogP contribution in [-0.2, 0) is 4.74 Å². The van der Waals surface area contributed by atoms with Crippen molar-refractivity contribution in [2.75, 3.05) is 24.7 Å². The Labute approximate surface area is 119 Å². The second-order valence-corrected chi connectivity index (χ2v) is 5.82. The molecule has 0 heterocycles. The van der Waals surface area contributed by atoms with Crippen LogP contribution >= 0.6 is 11.8 Å². The van der Waals surface area contributed by atoms with E-state index in [1.165, 1.54) is 17.7 Å². The van der Waals surface area contributed by atoms with Gasteiger partial charge in [-0.3, -0.25) is 0 Å². The smallest absolute Gasteiger partial charge is 0.0945 e. The molecule has 19 heavy (non-hydrogen) atoms. The fourth-order valence-electron chi connectivity index (χ4n) is 2.38. The van der Waals surface area contributed by atoms with Gasteiger partial charge < -0.3 is 15.2 Å². The Morgan fingerprint density at radius 2 is 2.11 bits per heavy atom. The summed E-state index contributed by atoms with van der Waals surface area (Å²) in [5.74, 6) is 0. The molecule has 0 spiro atoms. The molecule has 1 fully saturated rings. The van der Waals surface area contributed by atoms with E-state index >= 15 is 0 Å². The molecule has 1 aromatic carbocycles. The molecule has 106 valence electrons. The lowest BCUT2D eigenvalue weighted by atomic mass is 10.3. The van der Waals surface area contributed by atoms with Crippen LogP contribution < -0.4 is 5.32 Å². The summed E-state index contributed by atoms with van der Waals surface area (Å²) in [6, 6.07) is 8.14. The zero-order chi connectivity index (χ0) is 13.5. The summed E-state index contributed by atoms with van der Waals surface area (Å²) in [6.07, 6.45) is 6.80. The molecule has 1 aliphatic carbocycles. The number of ether oxygens (including phenoxy) is 1. The third-order valence-electron chi connectivity index (χ3n) is 3.46. The molecule has 1 unspecified atom stereocenters. The number of nitrogens with one attached hydrogen (secondary N) is 1. The van der Waals surface area contributed by atoms with Crippen molar-refractivity contribution in [1.29, 1.82) is 0 Å². The summed E-state index contributed by atoms with van der Waals surface area (Å²) in [7, 11) is 0. The average Bonchev–Trinajstić information content (AvgIpc) is 2.96. The van der Waals surface area contributed by atoms with E-state index in [2.05, 4.69) is 17.6 Å². The van der Waals surface area contributed by atoms with E-state index in [0.717, 1.165) is 18.5 Å². The van der Waals surface area contributed by atoms with Gasteiger partial charge in [-0.05, 0) is 31.2 Å². The minimum absolute atomic E-state index is 0.369. The highest BCUT2D eigenvalue weighted by Crippen LogP contribution is 2.24. The first-order chi connectivity index (χ1) is 9.29. The van der Waals surface area contributed by atoms with Gasteiger partial charge in [0.05, 0.1) is 18.8 Å². The van der Waals surface area contributed by atoms with Gasteiger partial charge in [-0.1, -0.05) is 25.0 Å². The van der Waals surface area contributed by atoms with Crippen LogP contribution in [0.5, 0.6) is 0 Å². The standard InChI is InChI=1S/C15H23NO2S/c1-19-15-9-5-4-8-14(15)16-10-12(17)11-18-13-6-2-3-7-13/h4-5,8-9,12-13,16-17H,2-3,6-7,10-11H2,1H3. The average molecular weight is 281 g/mol. The Balaban J connectivity index is 1.71. The molecule has 1 saturated carbocycles. The topological polar surface area (TPSA) is 41.5 Å². The minimum Gasteiger partial charge on any atom is -0.389 e. The fourth-order valence-corrected chi connectivity index (χ4v) is 2.95. The van der Waals surface area contributed by atoms with Crippen LogP contribution in [0.2, 0.25) is 0 Å². The Kier molecular flexibility index (Phi) is 6.01. The first-order valence-corrected chi connectivity index (χ1v) is 8.18. The number of thioether (sulfide) groups is 1. The Morgan fingerprint density at radius 3 is 2.84 bits per heavy atom. The lowest BCUT2D eigenvalue weighted by Crippen LogP contribution is -2.27. The lowest BCUT2D eigenvalue weighted by molar-refractivity contribution is -0.00118. The SMILES string of the molecule is CSc1ccccc1NCC(O)COC1CCCC1. The number of aliphatic hydroxyl groups is 1. The number of para-hydroxylation sites is 1. The number of benzene rings is 1. The van der Waals surface area contributed by atoms with Crippen molar-refractivity contribution in [3.05, 3.63) is 24.3 Å². The first kappa shape index (κ1) is 14.7. The van der Waals surface area contributed by atoms with Crippen LogP contribution in [-0.4, -0.2) is 36.7 Å². The van der Waals surface area contributed by atoms with Crippen LogP contribution in [0.25, 0.3) is 0 Å². The van der Waals surface area contributed by atoms with E-state index < -0.39 is 6.10 Å². The van der Waals surface area contributed by atoms with Gasteiger partial charge in [-0.15, -0.1) is 11.8 Å². The summed E-state index contributed by atoms with van der Waals surface area (Å²) in [5, 5.41) is 13.2. The van der Waals surface area contributed by atoms with Crippen molar-refractivity contribution in [1.82, 2.24) is 0 Å². The van der Waals surface area contributed by atoms with Crippen LogP contribution in [0.3, 0.4) is 0 Å². The molecular weight excluding hydrogens is 258 g/mol. The van der Waals surface area contributed by atoms with Gasteiger partial charge >= 0.3 is 0 Å². The lowest BCUT2D eigenvalue weighted by Gasteiger charge is -2.17. The third kappa shape index (κ3) is 4.71. The highest BCUT2D eigenvalue weighted by molar-refractivity contribution is 7.98. The number of anilines is 1. The second-order valence-electron chi connectivity index (χ2n) is 4.97. The molecule has 4 heteroatoms. The van der Waals surface area contributed by atoms with Gasteiger partial charge in [0.25, 0.3) is 0 Å². The fraction of sp³-hybridized carbons (Fsp3) is 0.600. The second kappa shape index (κ2) is 7.78. The van der Waals surface area contributed by atoms with Gasteiger partial charge in [0.15, 0.2) is 0 Å². The number of aliphatic hydroxyl groups excluding tert-OH is 1. The maximum Gasteiger partial charge on any atom is 0.0945 e. The summed E-state index contributed by atoms with van der Waals surface area (Å²) in [5.41, 5.74) is 1.08. The molecule has 0 aliphatic heterocycles. The molecule has 1 aromatic rings. The molecular formula is C15H23NO2S. The van der Waals surface area contributed by atoms with Gasteiger partial charge in [-0.25, -0.2) is 0 Å². The quantitative estimate of drug-likeness (QED) is 0.753. The van der Waals surface area contributed by atoms with E-state index in [1.54, 1.807) is 11.8 Å². The van der Waals surface area contributed by atoms with Gasteiger partial charge in [0.1, 0.15) is 0 Å². The van der Waals surface area contributed by atoms with Crippen LogP contribution in [0.1, 0.15) is 25.7 Å². The zero-order valence-electron chi connectivity index (χ0n) is 11.5. The maximum absolute atomic E-state index is 9.94. The third-order valence-corrected chi connectivity index (χ3v) is 4.26. The van der Waals surface area contributed by atoms with Crippen molar-refractivity contribution in [2.24, 2.45) is 0 Å². The molecule has 1 aliphatic rings. The number of hydrogen-bond donors (Lipinski definition) is 2. The molecule has 2 N–H and O–H groups in total. The Morgan fingerprint density at radius 1 is 1.37 bits per heavy atom. The van der Waals surface area contributed by atoms with Gasteiger partial charge in [0, 0.05) is 17.1 Å². The van der Waals surface area contributed by atoms with E-state index in [-0.39, 0.29) is 0 Å². The normalized spacial score (nSPS) is 17.6. The predicted octanol–water partition coefficient (Wildman–Crippen LogP) is 3.14. The zero-order valence-corrected chi connectivity index (χ0v) is 12.3. The van der Waals surface area contributed by atoms with Crippen LogP contribution in [0.4, 0.5) is 5.69 Å². The maximum atomic E-state index is 9.94. The van der Waals surface area contributed by atoms with Crippen molar-refractivity contribution in [3.8, 4) is 0 Å². The molecule has 0 amide bonds. The van der Waals surface area contributed by atoms with Crippen LogP contribution in [0, 0.1) is 0 Å². The van der Waals surface area contributed by atoms with Crippen molar-refractivity contribution >= 4 is 17.4 Å². The Bertz CT molecular complexity index is 380. The minimum atomic E-state index is -0.449. The van der Waals surface area contributed by atoms with Gasteiger partial charge in [-0.2, -0.15) is 0 Å². The summed E-state index contributed by atoms with van der Waals surface area (Å²) < 4.78 is 5.71. The molecule has 0 aromatic heterocycles. The molecule has 1 atom stereocenters. The van der Waals surface area contributed by atoms with E-state index in [1.807, 2.05) is 18.2 Å². The monoisotopic (exact) mass is 281 g/mol. The number of hydrogen-bond acceptors (Lipinski definition) is 4. The Hall–Kier alpha value is -0.710.